The summed E-state index contributed by atoms with van der Waals surface area (Å²) in [5, 5.41) is 3.65. The lowest BCUT2D eigenvalue weighted by Crippen LogP contribution is -2.54. The normalized spacial score (nSPS) is 12.5. The zero-order valence-electron chi connectivity index (χ0n) is 25.9. The number of nitrogens with one attached hydrogen (secondary N) is 1. The highest BCUT2D eigenvalue weighted by Crippen LogP contribution is 2.27. The van der Waals surface area contributed by atoms with Crippen molar-refractivity contribution in [3.63, 3.8) is 0 Å². The van der Waals surface area contributed by atoms with Crippen LogP contribution in [-0.4, -0.2) is 50.0 Å². The van der Waals surface area contributed by atoms with Gasteiger partial charge in [0.25, 0.3) is 0 Å². The van der Waals surface area contributed by atoms with Gasteiger partial charge in [0.05, 0.1) is 22.0 Å². The van der Waals surface area contributed by atoms with Crippen LogP contribution in [0.15, 0.2) is 103 Å². The smallest absolute Gasteiger partial charge is 0.244 e. The Balaban J connectivity index is 1.70. The van der Waals surface area contributed by atoms with Crippen molar-refractivity contribution in [2.75, 3.05) is 17.1 Å². The highest BCUT2D eigenvalue weighted by atomic mass is 35.5. The number of carbonyl (C=O) groups excluding carboxylic acids is 2. The molecule has 242 valence electrons. The fourth-order valence-electron chi connectivity index (χ4n) is 4.75. The van der Waals surface area contributed by atoms with E-state index in [1.807, 2.05) is 62.4 Å². The van der Waals surface area contributed by atoms with Gasteiger partial charge in [-0.3, -0.25) is 13.9 Å². The Bertz CT molecular complexity index is 1720. The number of benzene rings is 4. The van der Waals surface area contributed by atoms with Gasteiger partial charge in [-0.15, -0.1) is 0 Å². The first-order valence-electron chi connectivity index (χ1n) is 14.8. The third-order valence-corrected chi connectivity index (χ3v) is 9.27. The quantitative estimate of drug-likeness (QED) is 0.153. The Morgan fingerprint density at radius 1 is 0.826 bits per heavy atom. The summed E-state index contributed by atoms with van der Waals surface area (Å²) in [7, 11) is -3.93. The SMILES string of the molecule is CCC(C)NC(=O)C(Cc1ccccc1)N(Cc1ccc(Cl)c(Cl)c1)C(=O)CN(c1ccc(Oc2ccccc2)cc1)S(C)(=O)=O. The number of carbonyl (C=O) groups is 2. The predicted molar refractivity (Wildman–Crippen MR) is 184 cm³/mol. The number of ether oxygens (including phenoxy) is 1. The van der Waals surface area contributed by atoms with E-state index in [4.69, 9.17) is 27.9 Å². The zero-order chi connectivity index (χ0) is 33.3. The molecule has 46 heavy (non-hydrogen) atoms. The maximum Gasteiger partial charge on any atom is 0.244 e. The van der Waals surface area contributed by atoms with E-state index >= 15 is 0 Å². The minimum absolute atomic E-state index is 0.0113. The Morgan fingerprint density at radius 2 is 1.43 bits per heavy atom. The van der Waals surface area contributed by atoms with Gasteiger partial charge >= 0.3 is 0 Å². The molecular formula is C35H37Cl2N3O5S. The summed E-state index contributed by atoms with van der Waals surface area (Å²) < 4.78 is 33.1. The average molecular weight is 683 g/mol. The van der Waals surface area contributed by atoms with Crippen molar-refractivity contribution in [2.24, 2.45) is 0 Å². The van der Waals surface area contributed by atoms with Crippen LogP contribution in [0.4, 0.5) is 5.69 Å². The fraction of sp³-hybridized carbons (Fsp3) is 0.257. The molecule has 4 aromatic rings. The molecule has 0 radical (unpaired) electrons. The van der Waals surface area contributed by atoms with Gasteiger partial charge in [-0.05, 0) is 73.0 Å². The fourth-order valence-corrected chi connectivity index (χ4v) is 5.92. The summed E-state index contributed by atoms with van der Waals surface area (Å²) in [6.45, 7) is 3.29. The van der Waals surface area contributed by atoms with E-state index in [1.54, 1.807) is 54.6 Å². The summed E-state index contributed by atoms with van der Waals surface area (Å²) in [6.07, 6.45) is 1.94. The maximum absolute atomic E-state index is 14.3. The minimum atomic E-state index is -3.93. The first-order valence-corrected chi connectivity index (χ1v) is 17.4. The zero-order valence-corrected chi connectivity index (χ0v) is 28.2. The molecule has 8 nitrogen and oxygen atoms in total. The van der Waals surface area contributed by atoms with Gasteiger partial charge in [-0.1, -0.05) is 84.7 Å². The van der Waals surface area contributed by atoms with E-state index in [2.05, 4.69) is 5.32 Å². The van der Waals surface area contributed by atoms with E-state index in [0.29, 0.717) is 33.5 Å². The van der Waals surface area contributed by atoms with Gasteiger partial charge in [0.1, 0.15) is 24.1 Å². The molecule has 0 aromatic heterocycles. The summed E-state index contributed by atoms with van der Waals surface area (Å²) in [5.41, 5.74) is 1.74. The van der Waals surface area contributed by atoms with Crippen LogP contribution in [-0.2, 0) is 32.6 Å². The van der Waals surface area contributed by atoms with Crippen LogP contribution in [0.2, 0.25) is 10.0 Å². The summed E-state index contributed by atoms with van der Waals surface area (Å²) in [4.78, 5) is 29.5. The molecule has 2 unspecified atom stereocenters. The van der Waals surface area contributed by atoms with Crippen molar-refractivity contribution in [1.82, 2.24) is 10.2 Å². The van der Waals surface area contributed by atoms with Crippen LogP contribution in [0, 0.1) is 0 Å². The molecule has 0 heterocycles. The number of nitrogens with zero attached hydrogens (tertiary/aromatic N) is 2. The third-order valence-electron chi connectivity index (χ3n) is 7.39. The second kappa shape index (κ2) is 16.0. The van der Waals surface area contributed by atoms with Crippen LogP contribution in [0.3, 0.4) is 0 Å². The molecule has 0 aliphatic carbocycles. The topological polar surface area (TPSA) is 96.0 Å². The van der Waals surface area contributed by atoms with Crippen molar-refractivity contribution in [3.05, 3.63) is 124 Å². The standard InChI is InChI=1S/C35H37Cl2N3O5S/c1-4-25(2)38-35(42)33(22-26-11-7-5-8-12-26)39(23-27-15-20-31(36)32(37)21-27)34(41)24-40(46(3,43)44)28-16-18-30(19-17-28)45-29-13-9-6-10-14-29/h5-21,25,33H,4,22-24H2,1-3H3,(H,38,42). The monoisotopic (exact) mass is 681 g/mol. The third kappa shape index (κ3) is 9.72. The predicted octanol–water partition coefficient (Wildman–Crippen LogP) is 7.11. The Kier molecular flexibility index (Phi) is 12.1. The number of amides is 2. The number of rotatable bonds is 14. The van der Waals surface area contributed by atoms with Crippen LogP contribution in [0.5, 0.6) is 11.5 Å². The number of para-hydroxylation sites is 1. The largest absolute Gasteiger partial charge is 0.457 e. The molecule has 1 N–H and O–H groups in total. The van der Waals surface area contributed by atoms with Gasteiger partial charge in [-0.25, -0.2) is 8.42 Å². The Morgan fingerprint density at radius 3 is 2.02 bits per heavy atom. The molecule has 0 bridgehead atoms. The van der Waals surface area contributed by atoms with Gasteiger partial charge < -0.3 is 15.0 Å². The van der Waals surface area contributed by atoms with E-state index in [-0.39, 0.29) is 30.6 Å². The maximum atomic E-state index is 14.3. The highest BCUT2D eigenvalue weighted by Gasteiger charge is 2.33. The number of hydrogen-bond acceptors (Lipinski definition) is 5. The molecule has 0 spiro atoms. The first-order chi connectivity index (χ1) is 21.9. The molecule has 4 rings (SSSR count). The molecule has 0 aliphatic heterocycles. The van der Waals surface area contributed by atoms with Crippen molar-refractivity contribution in [2.45, 2.75) is 45.3 Å². The lowest BCUT2D eigenvalue weighted by molar-refractivity contribution is -0.140. The number of hydrogen-bond donors (Lipinski definition) is 1. The second-order valence-electron chi connectivity index (χ2n) is 11.0. The van der Waals surface area contributed by atoms with Crippen molar-refractivity contribution in [3.8, 4) is 11.5 Å². The van der Waals surface area contributed by atoms with E-state index < -0.39 is 28.5 Å². The van der Waals surface area contributed by atoms with E-state index in [0.717, 1.165) is 16.1 Å². The molecular weight excluding hydrogens is 645 g/mol. The van der Waals surface area contributed by atoms with Gasteiger partial charge in [0, 0.05) is 19.0 Å². The summed E-state index contributed by atoms with van der Waals surface area (Å²) >= 11 is 12.5. The first kappa shape index (κ1) is 34.8. The van der Waals surface area contributed by atoms with Crippen molar-refractivity contribution < 1.29 is 22.7 Å². The lowest BCUT2D eigenvalue weighted by atomic mass is 10.0. The van der Waals surface area contributed by atoms with Crippen LogP contribution < -0.4 is 14.4 Å². The molecule has 2 atom stereocenters. The molecule has 0 saturated carbocycles. The van der Waals surface area contributed by atoms with Crippen molar-refractivity contribution in [1.29, 1.82) is 0 Å². The Hall–Kier alpha value is -4.05. The van der Waals surface area contributed by atoms with Crippen LogP contribution in [0.1, 0.15) is 31.4 Å². The number of sulfonamides is 1. The lowest BCUT2D eigenvalue weighted by Gasteiger charge is -2.34. The average Bonchev–Trinajstić information content (AvgIpc) is 3.04. The van der Waals surface area contributed by atoms with E-state index in [1.165, 1.54) is 4.90 Å². The van der Waals surface area contributed by atoms with E-state index in [9.17, 15) is 18.0 Å². The molecule has 0 saturated heterocycles. The highest BCUT2D eigenvalue weighted by molar-refractivity contribution is 7.92. The van der Waals surface area contributed by atoms with Gasteiger partial charge in [-0.2, -0.15) is 0 Å². The number of halogens is 2. The Labute approximate surface area is 280 Å². The molecule has 0 fully saturated rings. The number of anilines is 1. The van der Waals surface area contributed by atoms with Crippen LogP contribution >= 0.6 is 23.2 Å². The molecule has 2 amide bonds. The minimum Gasteiger partial charge on any atom is -0.457 e. The van der Waals surface area contributed by atoms with Gasteiger partial charge in [0.2, 0.25) is 21.8 Å². The summed E-state index contributed by atoms with van der Waals surface area (Å²) in [5.74, 6) is 0.213. The second-order valence-corrected chi connectivity index (χ2v) is 13.7. The van der Waals surface area contributed by atoms with Crippen LogP contribution in [0.25, 0.3) is 0 Å². The summed E-state index contributed by atoms with van der Waals surface area (Å²) in [6, 6.07) is 28.8. The molecule has 4 aromatic carbocycles. The molecule has 11 heteroatoms. The van der Waals surface area contributed by atoms with Gasteiger partial charge in [0.15, 0.2) is 0 Å². The molecule has 0 aliphatic rings. The van der Waals surface area contributed by atoms with Crippen molar-refractivity contribution >= 4 is 50.7 Å².